The molecule has 0 aliphatic carbocycles. The Kier molecular flexibility index (Phi) is 6.30. The molecule has 0 saturated carbocycles. The van der Waals surface area contributed by atoms with Crippen molar-refractivity contribution in [1.82, 2.24) is 0 Å². The van der Waals surface area contributed by atoms with E-state index >= 15 is 0 Å². The third-order valence-corrected chi connectivity index (χ3v) is 6.68. The number of carbonyl (C=O) groups excluding carboxylic acids is 2. The van der Waals surface area contributed by atoms with Crippen molar-refractivity contribution in [3.05, 3.63) is 98.0 Å². The fraction of sp³-hybridized carbons (Fsp3) is 0.0435. The van der Waals surface area contributed by atoms with Crippen molar-refractivity contribution < 1.29 is 9.59 Å². The summed E-state index contributed by atoms with van der Waals surface area (Å²) in [6, 6.07) is 19.4. The molecule has 1 heterocycles. The summed E-state index contributed by atoms with van der Waals surface area (Å²) in [5.41, 5.74) is 2.06. The number of nitrogens with zero attached hydrogens (tertiary/aromatic N) is 1. The standard InChI is InChI=1S/C23H15Cl3N2O2S/c1-13-8-10-16(11-9-13)31-21-20(27-15-5-2-4-14(24)12-15)22(29)28(23(21)30)18-7-3-6-17(25)19(18)26/h2-12,27H,1H3. The van der Waals surface area contributed by atoms with Gasteiger partial charge in [0.1, 0.15) is 10.6 Å². The van der Waals surface area contributed by atoms with Gasteiger partial charge in [-0.1, -0.05) is 76.4 Å². The van der Waals surface area contributed by atoms with Crippen molar-refractivity contribution in [2.75, 3.05) is 10.2 Å². The molecule has 0 bridgehead atoms. The lowest BCUT2D eigenvalue weighted by atomic mass is 10.2. The number of hydrogen-bond acceptors (Lipinski definition) is 4. The molecule has 1 aliphatic rings. The molecule has 3 aromatic carbocycles. The van der Waals surface area contributed by atoms with E-state index in [1.54, 1.807) is 42.5 Å². The first-order chi connectivity index (χ1) is 14.8. The normalized spacial score (nSPS) is 13.9. The highest BCUT2D eigenvalue weighted by molar-refractivity contribution is 8.04. The minimum atomic E-state index is -0.524. The molecule has 8 heteroatoms. The Labute approximate surface area is 198 Å². The molecular weight excluding hydrogens is 475 g/mol. The number of aryl methyl sites for hydroxylation is 1. The van der Waals surface area contributed by atoms with Gasteiger partial charge in [-0.3, -0.25) is 9.59 Å². The first-order valence-corrected chi connectivity index (χ1v) is 11.1. The average molecular weight is 490 g/mol. The number of imide groups is 1. The van der Waals surface area contributed by atoms with Crippen molar-refractivity contribution in [3.63, 3.8) is 0 Å². The summed E-state index contributed by atoms with van der Waals surface area (Å²) in [7, 11) is 0. The number of hydrogen-bond donors (Lipinski definition) is 1. The van der Waals surface area contributed by atoms with Crippen LogP contribution in [0.25, 0.3) is 0 Å². The van der Waals surface area contributed by atoms with Crippen LogP contribution in [0.3, 0.4) is 0 Å². The highest BCUT2D eigenvalue weighted by Crippen LogP contribution is 2.41. The number of anilines is 2. The number of benzene rings is 3. The molecule has 1 aliphatic heterocycles. The van der Waals surface area contributed by atoms with E-state index in [-0.39, 0.29) is 26.3 Å². The van der Waals surface area contributed by atoms with Crippen molar-refractivity contribution in [2.45, 2.75) is 11.8 Å². The lowest BCUT2D eigenvalue weighted by Gasteiger charge is -2.17. The van der Waals surface area contributed by atoms with Crippen LogP contribution in [0.15, 0.2) is 82.2 Å². The van der Waals surface area contributed by atoms with Crippen LogP contribution in [-0.2, 0) is 9.59 Å². The Morgan fingerprint density at radius 3 is 2.29 bits per heavy atom. The second-order valence-corrected chi connectivity index (χ2v) is 9.08. The van der Waals surface area contributed by atoms with Gasteiger partial charge in [0.15, 0.2) is 0 Å². The molecule has 4 nitrogen and oxygen atoms in total. The molecular formula is C23H15Cl3N2O2S. The van der Waals surface area contributed by atoms with Crippen LogP contribution in [-0.4, -0.2) is 11.8 Å². The molecule has 156 valence electrons. The van der Waals surface area contributed by atoms with Gasteiger partial charge >= 0.3 is 0 Å². The van der Waals surface area contributed by atoms with Crippen LogP contribution in [0.5, 0.6) is 0 Å². The van der Waals surface area contributed by atoms with Crippen molar-refractivity contribution >= 4 is 69.8 Å². The van der Waals surface area contributed by atoms with E-state index in [1.165, 1.54) is 11.8 Å². The van der Waals surface area contributed by atoms with Gasteiger partial charge in [-0.05, 0) is 49.4 Å². The maximum Gasteiger partial charge on any atom is 0.283 e. The minimum absolute atomic E-state index is 0.134. The van der Waals surface area contributed by atoms with Crippen LogP contribution in [0.4, 0.5) is 11.4 Å². The molecule has 0 aromatic heterocycles. The van der Waals surface area contributed by atoms with Gasteiger partial charge in [-0.15, -0.1) is 0 Å². The third-order valence-electron chi connectivity index (χ3n) is 4.55. The fourth-order valence-electron chi connectivity index (χ4n) is 3.03. The number of amides is 2. The quantitative estimate of drug-likeness (QED) is 0.394. The Morgan fingerprint density at radius 1 is 0.871 bits per heavy atom. The van der Waals surface area contributed by atoms with Gasteiger partial charge < -0.3 is 5.32 Å². The molecule has 2 amide bonds. The van der Waals surface area contributed by atoms with E-state index in [0.29, 0.717) is 10.7 Å². The number of thioether (sulfide) groups is 1. The summed E-state index contributed by atoms with van der Waals surface area (Å²) >= 11 is 19.7. The Bertz CT molecular complexity index is 1230. The van der Waals surface area contributed by atoms with E-state index < -0.39 is 11.8 Å². The SMILES string of the molecule is Cc1ccc(SC2=C(Nc3cccc(Cl)c3)C(=O)N(c3cccc(Cl)c3Cl)C2=O)cc1. The van der Waals surface area contributed by atoms with Gasteiger partial charge in [0.25, 0.3) is 11.8 Å². The van der Waals surface area contributed by atoms with E-state index in [9.17, 15) is 9.59 Å². The van der Waals surface area contributed by atoms with Crippen LogP contribution in [0.1, 0.15) is 5.56 Å². The van der Waals surface area contributed by atoms with Crippen LogP contribution < -0.4 is 10.2 Å². The van der Waals surface area contributed by atoms with Gasteiger partial charge in [0.2, 0.25) is 0 Å². The van der Waals surface area contributed by atoms with Gasteiger partial charge in [-0.25, -0.2) is 4.90 Å². The highest BCUT2D eigenvalue weighted by Gasteiger charge is 2.41. The number of nitrogens with one attached hydrogen (secondary N) is 1. The topological polar surface area (TPSA) is 49.4 Å². The van der Waals surface area contributed by atoms with Crippen LogP contribution >= 0.6 is 46.6 Å². The summed E-state index contributed by atoms with van der Waals surface area (Å²) in [4.78, 5) is 28.9. The molecule has 0 atom stereocenters. The summed E-state index contributed by atoms with van der Waals surface area (Å²) in [5.74, 6) is -1.01. The zero-order valence-corrected chi connectivity index (χ0v) is 19.2. The molecule has 0 unspecified atom stereocenters. The molecule has 1 N–H and O–H groups in total. The average Bonchev–Trinajstić information content (AvgIpc) is 2.96. The van der Waals surface area contributed by atoms with E-state index in [2.05, 4.69) is 5.32 Å². The Morgan fingerprint density at radius 2 is 1.58 bits per heavy atom. The Hall–Kier alpha value is -2.44. The lowest BCUT2D eigenvalue weighted by molar-refractivity contribution is -0.120. The molecule has 0 fully saturated rings. The Balaban J connectivity index is 1.78. The molecule has 4 rings (SSSR count). The number of rotatable bonds is 5. The maximum absolute atomic E-state index is 13.4. The summed E-state index contributed by atoms with van der Waals surface area (Å²) in [6.07, 6.45) is 0. The molecule has 0 radical (unpaired) electrons. The largest absolute Gasteiger partial charge is 0.350 e. The van der Waals surface area contributed by atoms with Crippen LogP contribution in [0.2, 0.25) is 15.1 Å². The molecule has 0 spiro atoms. The first-order valence-electron chi connectivity index (χ1n) is 9.19. The number of halogens is 3. The smallest absolute Gasteiger partial charge is 0.283 e. The lowest BCUT2D eigenvalue weighted by Crippen LogP contribution is -2.32. The predicted octanol–water partition coefficient (Wildman–Crippen LogP) is 6.94. The van der Waals surface area contributed by atoms with E-state index in [0.717, 1.165) is 15.4 Å². The first kappa shape index (κ1) is 21.8. The van der Waals surface area contributed by atoms with Crippen LogP contribution in [0, 0.1) is 6.92 Å². The summed E-state index contributed by atoms with van der Waals surface area (Å²) in [5, 5.41) is 3.96. The van der Waals surface area contributed by atoms with Crippen molar-refractivity contribution in [1.29, 1.82) is 0 Å². The number of carbonyl (C=O) groups is 2. The summed E-state index contributed by atoms with van der Waals surface area (Å²) in [6.45, 7) is 1.98. The maximum atomic E-state index is 13.4. The second-order valence-electron chi connectivity index (χ2n) is 6.77. The summed E-state index contributed by atoms with van der Waals surface area (Å²) < 4.78 is 0. The van der Waals surface area contributed by atoms with Crippen molar-refractivity contribution in [2.24, 2.45) is 0 Å². The molecule has 31 heavy (non-hydrogen) atoms. The monoisotopic (exact) mass is 488 g/mol. The minimum Gasteiger partial charge on any atom is -0.350 e. The van der Waals surface area contributed by atoms with Gasteiger partial charge in [0.05, 0.1) is 15.7 Å². The fourth-order valence-corrected chi connectivity index (χ4v) is 4.53. The predicted molar refractivity (Wildman–Crippen MR) is 128 cm³/mol. The molecule has 0 saturated heterocycles. The third kappa shape index (κ3) is 4.46. The second kappa shape index (κ2) is 8.97. The molecule has 3 aromatic rings. The van der Waals surface area contributed by atoms with Gasteiger partial charge in [-0.2, -0.15) is 0 Å². The van der Waals surface area contributed by atoms with E-state index in [4.69, 9.17) is 34.8 Å². The highest BCUT2D eigenvalue weighted by atomic mass is 35.5. The van der Waals surface area contributed by atoms with Crippen molar-refractivity contribution in [3.8, 4) is 0 Å². The van der Waals surface area contributed by atoms with E-state index in [1.807, 2.05) is 31.2 Å². The van der Waals surface area contributed by atoms with Gasteiger partial charge in [0, 0.05) is 15.6 Å². The zero-order valence-electron chi connectivity index (χ0n) is 16.2. The zero-order chi connectivity index (χ0) is 22.1.